The molecule has 0 atom stereocenters. The average Bonchev–Trinajstić information content (AvgIpc) is 2.50. The van der Waals surface area contributed by atoms with Crippen molar-refractivity contribution in [3.05, 3.63) is 43.1 Å². The molecule has 0 aliphatic heterocycles. The number of hydrogen-bond acceptors (Lipinski definition) is 2. The molecule has 0 N–H and O–H groups in total. The molecule has 0 radical (unpaired) electrons. The maximum absolute atomic E-state index is 13.1. The van der Waals surface area contributed by atoms with Crippen molar-refractivity contribution in [1.29, 1.82) is 0 Å². The van der Waals surface area contributed by atoms with Crippen LogP contribution in [0, 0.1) is 0 Å². The molecule has 1 aromatic heterocycles. The molecule has 1 heterocycles. The van der Waals surface area contributed by atoms with Crippen LogP contribution in [-0.4, -0.2) is 12.1 Å². The Labute approximate surface area is 154 Å². The molecule has 0 saturated heterocycles. The van der Waals surface area contributed by atoms with Gasteiger partial charge in [0.1, 0.15) is 0 Å². The number of aromatic nitrogens is 1. The Bertz CT molecular complexity index is 750. The summed E-state index contributed by atoms with van der Waals surface area (Å²) < 4.78 is 44.1. The van der Waals surface area contributed by atoms with Gasteiger partial charge < -0.3 is 4.74 Å². The zero-order valence-corrected chi connectivity index (χ0v) is 14.8. The Morgan fingerprint density at radius 2 is 1.39 bits per heavy atom. The second-order valence-corrected chi connectivity index (χ2v) is 6.07. The van der Waals surface area contributed by atoms with Crippen LogP contribution in [0.15, 0.2) is 12.3 Å². The van der Waals surface area contributed by atoms with Crippen molar-refractivity contribution in [2.45, 2.75) is 6.18 Å². The van der Waals surface area contributed by atoms with Crippen LogP contribution in [0.3, 0.4) is 0 Å². The number of halogens is 8. The van der Waals surface area contributed by atoms with Gasteiger partial charge >= 0.3 is 6.18 Å². The Kier molecular flexibility index (Phi) is 5.48. The summed E-state index contributed by atoms with van der Waals surface area (Å²) in [7, 11) is 1.07. The molecule has 0 fully saturated rings. The Hall–Kier alpha value is -0.590. The number of benzene rings is 1. The molecule has 1 aromatic carbocycles. The van der Waals surface area contributed by atoms with E-state index in [1.54, 1.807) is 0 Å². The Morgan fingerprint density at radius 1 is 0.913 bits per heavy atom. The first kappa shape index (κ1) is 18.7. The maximum atomic E-state index is 13.1. The fourth-order valence-electron chi connectivity index (χ4n) is 1.90. The molecule has 0 aliphatic carbocycles. The first-order valence-electron chi connectivity index (χ1n) is 5.73. The summed E-state index contributed by atoms with van der Waals surface area (Å²) in [5.74, 6) is -0.557. The summed E-state index contributed by atoms with van der Waals surface area (Å²) in [4.78, 5) is 3.30. The number of ether oxygens (including phenoxy) is 1. The lowest BCUT2D eigenvalue weighted by molar-refractivity contribution is -0.142. The molecule has 0 bridgehead atoms. The number of alkyl halides is 3. The van der Waals surface area contributed by atoms with Crippen LogP contribution in [0.5, 0.6) is 5.75 Å². The third-order valence-electron chi connectivity index (χ3n) is 2.86. The number of nitrogens with zero attached hydrogens (tertiary/aromatic N) is 1. The minimum absolute atomic E-state index is 0.0301. The topological polar surface area (TPSA) is 22.1 Å². The first-order chi connectivity index (χ1) is 10.6. The van der Waals surface area contributed by atoms with E-state index in [1.165, 1.54) is 6.07 Å². The molecular formula is C13H5Cl5F3NO. The van der Waals surface area contributed by atoms with Crippen LogP contribution in [0.1, 0.15) is 5.69 Å². The smallest absolute Gasteiger partial charge is 0.437 e. The van der Waals surface area contributed by atoms with E-state index in [1.807, 2.05) is 0 Å². The summed E-state index contributed by atoms with van der Waals surface area (Å²) in [5, 5.41) is -0.668. The molecule has 0 spiro atoms. The second kappa shape index (κ2) is 6.73. The van der Waals surface area contributed by atoms with Crippen molar-refractivity contribution < 1.29 is 17.9 Å². The van der Waals surface area contributed by atoms with E-state index in [0.29, 0.717) is 0 Å². The van der Waals surface area contributed by atoms with Gasteiger partial charge in [0, 0.05) is 17.3 Å². The Balaban J connectivity index is 2.89. The van der Waals surface area contributed by atoms with Gasteiger partial charge in [-0.25, -0.2) is 4.98 Å². The van der Waals surface area contributed by atoms with Gasteiger partial charge in [0.2, 0.25) is 0 Å². The molecule has 0 saturated carbocycles. The van der Waals surface area contributed by atoms with Crippen molar-refractivity contribution in [2.75, 3.05) is 7.11 Å². The fraction of sp³-hybridized carbons (Fsp3) is 0.154. The zero-order chi connectivity index (χ0) is 17.5. The lowest BCUT2D eigenvalue weighted by Gasteiger charge is -2.18. The van der Waals surface area contributed by atoms with Crippen molar-refractivity contribution in [2.24, 2.45) is 0 Å². The third-order valence-corrected chi connectivity index (χ3v) is 5.13. The van der Waals surface area contributed by atoms with E-state index < -0.39 is 17.6 Å². The van der Waals surface area contributed by atoms with Crippen LogP contribution < -0.4 is 4.74 Å². The second-order valence-electron chi connectivity index (χ2n) is 4.18. The highest BCUT2D eigenvalue weighted by molar-refractivity contribution is 6.56. The van der Waals surface area contributed by atoms with Crippen LogP contribution in [0.25, 0.3) is 11.1 Å². The number of hydrogen-bond donors (Lipinski definition) is 0. The van der Waals surface area contributed by atoms with E-state index in [4.69, 9.17) is 62.7 Å². The number of pyridine rings is 1. The van der Waals surface area contributed by atoms with Gasteiger partial charge in [0.15, 0.2) is 11.4 Å². The van der Waals surface area contributed by atoms with Crippen molar-refractivity contribution in [1.82, 2.24) is 4.98 Å². The van der Waals surface area contributed by atoms with Gasteiger partial charge in [0.25, 0.3) is 0 Å². The van der Waals surface area contributed by atoms with Crippen LogP contribution in [0.2, 0.25) is 25.1 Å². The maximum Gasteiger partial charge on any atom is 0.437 e. The highest BCUT2D eigenvalue weighted by Crippen LogP contribution is 2.51. The number of methoxy groups -OCH3 is 1. The van der Waals surface area contributed by atoms with Gasteiger partial charge in [-0.05, 0) is 6.07 Å². The molecule has 0 unspecified atom stereocenters. The standard InChI is InChI=1S/C13H5Cl5F3NO/c1-23-11-4(2-3-22-12(11)13(19,20)21)5-6(14)8(16)10(18)9(17)7(5)15/h2-3H,1H3. The lowest BCUT2D eigenvalue weighted by Crippen LogP contribution is -2.11. The Morgan fingerprint density at radius 3 is 1.83 bits per heavy atom. The highest BCUT2D eigenvalue weighted by Gasteiger charge is 2.38. The molecule has 2 nitrogen and oxygen atoms in total. The number of rotatable bonds is 2. The van der Waals surface area contributed by atoms with Crippen molar-refractivity contribution in [3.8, 4) is 16.9 Å². The van der Waals surface area contributed by atoms with Gasteiger partial charge in [0.05, 0.1) is 32.2 Å². The zero-order valence-electron chi connectivity index (χ0n) is 11.0. The predicted octanol–water partition coefficient (Wildman–Crippen LogP) is 7.04. The van der Waals surface area contributed by atoms with Crippen LogP contribution >= 0.6 is 58.0 Å². The molecule has 2 rings (SSSR count). The average molecular weight is 425 g/mol. The summed E-state index contributed by atoms with van der Waals surface area (Å²) in [5.41, 5.74) is -1.32. The van der Waals surface area contributed by atoms with Gasteiger partial charge in [-0.1, -0.05) is 58.0 Å². The van der Waals surface area contributed by atoms with E-state index in [2.05, 4.69) is 4.98 Å². The molecule has 124 valence electrons. The summed E-state index contributed by atoms with van der Waals surface area (Å²) >= 11 is 29.9. The fourth-order valence-corrected chi connectivity index (χ4v) is 3.24. The SMILES string of the molecule is COc1c(-c2c(Cl)c(Cl)c(Cl)c(Cl)c2Cl)ccnc1C(F)(F)F. The van der Waals surface area contributed by atoms with Crippen LogP contribution in [0.4, 0.5) is 13.2 Å². The summed E-state index contributed by atoms with van der Waals surface area (Å²) in [6.07, 6.45) is -3.79. The largest absolute Gasteiger partial charge is 0.494 e. The lowest BCUT2D eigenvalue weighted by atomic mass is 10.0. The van der Waals surface area contributed by atoms with Gasteiger partial charge in [-0.15, -0.1) is 0 Å². The van der Waals surface area contributed by atoms with Gasteiger partial charge in [-0.2, -0.15) is 13.2 Å². The molecule has 2 aromatic rings. The minimum Gasteiger partial charge on any atom is -0.494 e. The first-order valence-corrected chi connectivity index (χ1v) is 7.62. The normalized spacial score (nSPS) is 11.7. The quantitative estimate of drug-likeness (QED) is 0.380. The molecule has 10 heteroatoms. The van der Waals surface area contributed by atoms with E-state index >= 15 is 0 Å². The summed E-state index contributed by atoms with van der Waals surface area (Å²) in [6, 6.07) is 1.25. The minimum atomic E-state index is -4.74. The monoisotopic (exact) mass is 423 g/mol. The molecule has 0 amide bonds. The van der Waals surface area contributed by atoms with Crippen molar-refractivity contribution in [3.63, 3.8) is 0 Å². The molecular weight excluding hydrogens is 420 g/mol. The molecule has 23 heavy (non-hydrogen) atoms. The van der Waals surface area contributed by atoms with Crippen LogP contribution in [-0.2, 0) is 6.18 Å². The van der Waals surface area contributed by atoms with Gasteiger partial charge in [-0.3, -0.25) is 0 Å². The van der Waals surface area contributed by atoms with E-state index in [9.17, 15) is 13.2 Å². The highest BCUT2D eigenvalue weighted by atomic mass is 35.5. The molecule has 0 aliphatic rings. The summed E-state index contributed by atoms with van der Waals surface area (Å²) in [6.45, 7) is 0. The van der Waals surface area contributed by atoms with E-state index in [-0.39, 0.29) is 36.2 Å². The van der Waals surface area contributed by atoms with E-state index in [0.717, 1.165) is 13.3 Å². The third kappa shape index (κ3) is 3.30. The van der Waals surface area contributed by atoms with Crippen molar-refractivity contribution >= 4 is 58.0 Å². The predicted molar refractivity (Wildman–Crippen MR) is 86.3 cm³/mol.